The molecule has 0 aliphatic heterocycles. The van der Waals surface area contributed by atoms with E-state index >= 15 is 0 Å². The summed E-state index contributed by atoms with van der Waals surface area (Å²) < 4.78 is 55.5. The summed E-state index contributed by atoms with van der Waals surface area (Å²) in [4.78, 5) is 29.7. The maximum Gasteiger partial charge on any atom is 0.416 e. The number of nitrogens with zero attached hydrogens (tertiary/aromatic N) is 2. The molecule has 0 saturated heterocycles. The predicted octanol–water partition coefficient (Wildman–Crippen LogP) is 7.32. The first-order valence-corrected chi connectivity index (χ1v) is 12.6. The second kappa shape index (κ2) is 10.5. The van der Waals surface area contributed by atoms with Crippen LogP contribution in [0.2, 0.25) is 0 Å². The summed E-state index contributed by atoms with van der Waals surface area (Å²) in [5.41, 5.74) is 0.786. The Morgan fingerprint density at radius 2 is 1.62 bits per heavy atom. The summed E-state index contributed by atoms with van der Waals surface area (Å²) in [6.07, 6.45) is -0.143. The Bertz CT molecular complexity index is 1510. The molecule has 1 heterocycles. The number of carbonyl (C=O) groups excluding carboxylic acids is 1. The number of amides is 1. The van der Waals surface area contributed by atoms with E-state index in [0.717, 1.165) is 44.2 Å². The van der Waals surface area contributed by atoms with E-state index < -0.39 is 29.6 Å². The molecule has 0 radical (unpaired) electrons. The van der Waals surface area contributed by atoms with Crippen molar-refractivity contribution in [1.29, 1.82) is 0 Å². The number of aromatic carboxylic acids is 1. The number of halogens is 4. The van der Waals surface area contributed by atoms with Crippen molar-refractivity contribution in [2.24, 2.45) is 5.92 Å². The summed E-state index contributed by atoms with van der Waals surface area (Å²) in [7, 11) is 0. The van der Waals surface area contributed by atoms with Crippen LogP contribution in [0.25, 0.3) is 22.4 Å². The number of alkyl halides is 3. The molecule has 0 bridgehead atoms. The quantitative estimate of drug-likeness (QED) is 0.252. The molecule has 1 aliphatic carbocycles. The molecule has 2 N–H and O–H groups in total. The highest BCUT2D eigenvalue weighted by molar-refractivity contribution is 5.96. The summed E-state index contributed by atoms with van der Waals surface area (Å²) >= 11 is 0. The van der Waals surface area contributed by atoms with Crippen LogP contribution < -0.4 is 5.32 Å². The van der Waals surface area contributed by atoms with Gasteiger partial charge in [0.05, 0.1) is 22.2 Å². The molecular formula is C29H25F4N3O3. The van der Waals surface area contributed by atoms with Crippen LogP contribution in [-0.2, 0) is 11.0 Å². The average molecular weight is 540 g/mol. The summed E-state index contributed by atoms with van der Waals surface area (Å²) in [5, 5.41) is 12.0. The van der Waals surface area contributed by atoms with Crippen LogP contribution in [0.15, 0.2) is 66.7 Å². The van der Waals surface area contributed by atoms with Crippen molar-refractivity contribution in [1.82, 2.24) is 9.55 Å². The van der Waals surface area contributed by atoms with Gasteiger partial charge in [-0.05, 0) is 67.3 Å². The first-order valence-electron chi connectivity index (χ1n) is 12.6. The van der Waals surface area contributed by atoms with Gasteiger partial charge in [0.2, 0.25) is 5.91 Å². The number of anilines is 1. The fraction of sp³-hybridized carbons (Fsp3) is 0.276. The molecule has 4 aromatic rings. The number of nitrogens with one attached hydrogen (secondary N) is 1. The lowest BCUT2D eigenvalue weighted by atomic mass is 9.83. The molecule has 1 fully saturated rings. The van der Waals surface area contributed by atoms with Gasteiger partial charge in [-0.25, -0.2) is 14.2 Å². The lowest BCUT2D eigenvalue weighted by Gasteiger charge is -2.32. The Kier molecular flexibility index (Phi) is 7.12. The third kappa shape index (κ3) is 5.50. The van der Waals surface area contributed by atoms with Crippen molar-refractivity contribution in [2.45, 2.75) is 44.3 Å². The smallest absolute Gasteiger partial charge is 0.416 e. The Balaban J connectivity index is 1.62. The summed E-state index contributed by atoms with van der Waals surface area (Å²) in [6, 6.07) is 13.5. The fourth-order valence-electron chi connectivity index (χ4n) is 5.27. The summed E-state index contributed by atoms with van der Waals surface area (Å²) in [5.74, 6) is -1.83. The minimum absolute atomic E-state index is 0.0732. The number of benzene rings is 3. The van der Waals surface area contributed by atoms with Crippen LogP contribution in [0.4, 0.5) is 23.2 Å². The van der Waals surface area contributed by atoms with Crippen LogP contribution in [-0.4, -0.2) is 26.5 Å². The average Bonchev–Trinajstić information content (AvgIpc) is 3.27. The van der Waals surface area contributed by atoms with Crippen LogP contribution in [0.5, 0.6) is 0 Å². The molecule has 1 atom stereocenters. The van der Waals surface area contributed by atoms with Crippen LogP contribution >= 0.6 is 0 Å². The maximum absolute atomic E-state index is 14.2. The van der Waals surface area contributed by atoms with Gasteiger partial charge >= 0.3 is 12.1 Å². The number of aromatic nitrogens is 2. The Labute approximate surface area is 221 Å². The highest BCUT2D eigenvalue weighted by Gasteiger charge is 2.35. The van der Waals surface area contributed by atoms with Gasteiger partial charge in [-0.15, -0.1) is 0 Å². The van der Waals surface area contributed by atoms with Gasteiger partial charge in [0.25, 0.3) is 0 Å². The predicted molar refractivity (Wildman–Crippen MR) is 138 cm³/mol. The molecule has 5 rings (SSSR count). The van der Waals surface area contributed by atoms with Gasteiger partial charge in [0.15, 0.2) is 0 Å². The lowest BCUT2D eigenvalue weighted by molar-refractivity contribution is -0.137. The first-order chi connectivity index (χ1) is 18.6. The normalized spacial score (nSPS) is 15.3. The Morgan fingerprint density at radius 1 is 0.949 bits per heavy atom. The Hall–Kier alpha value is -4.21. The van der Waals surface area contributed by atoms with Crippen molar-refractivity contribution in [2.75, 3.05) is 5.32 Å². The van der Waals surface area contributed by atoms with Gasteiger partial charge in [-0.2, -0.15) is 13.2 Å². The maximum atomic E-state index is 14.2. The van der Waals surface area contributed by atoms with Crippen LogP contribution in [0.1, 0.15) is 54.1 Å². The second-order valence-electron chi connectivity index (χ2n) is 9.73. The highest BCUT2D eigenvalue weighted by atomic mass is 19.4. The number of hydrogen-bond donors (Lipinski definition) is 2. The number of carbonyl (C=O) groups is 2. The van der Waals surface area contributed by atoms with E-state index in [9.17, 15) is 32.3 Å². The minimum Gasteiger partial charge on any atom is -0.478 e. The van der Waals surface area contributed by atoms with E-state index in [-0.39, 0.29) is 28.7 Å². The number of hydrogen-bond acceptors (Lipinski definition) is 3. The molecule has 1 amide bonds. The molecule has 10 heteroatoms. The van der Waals surface area contributed by atoms with Crippen molar-refractivity contribution < 1.29 is 32.3 Å². The molecule has 1 aromatic heterocycles. The van der Waals surface area contributed by atoms with E-state index in [0.29, 0.717) is 16.8 Å². The van der Waals surface area contributed by atoms with Crippen molar-refractivity contribution in [3.8, 4) is 11.4 Å². The van der Waals surface area contributed by atoms with E-state index in [2.05, 4.69) is 10.3 Å². The molecule has 6 nitrogen and oxygen atoms in total. The summed E-state index contributed by atoms with van der Waals surface area (Å²) in [6.45, 7) is 0. The first kappa shape index (κ1) is 26.4. The molecule has 1 saturated carbocycles. The van der Waals surface area contributed by atoms with Gasteiger partial charge in [0, 0.05) is 17.3 Å². The Morgan fingerprint density at radius 3 is 2.23 bits per heavy atom. The van der Waals surface area contributed by atoms with Crippen molar-refractivity contribution >= 4 is 28.6 Å². The molecule has 0 spiro atoms. The van der Waals surface area contributed by atoms with Gasteiger partial charge in [-0.1, -0.05) is 31.4 Å². The van der Waals surface area contributed by atoms with Gasteiger partial charge in [0.1, 0.15) is 17.7 Å². The largest absolute Gasteiger partial charge is 0.478 e. The molecule has 202 valence electrons. The molecular weight excluding hydrogens is 514 g/mol. The van der Waals surface area contributed by atoms with Gasteiger partial charge < -0.3 is 15.0 Å². The van der Waals surface area contributed by atoms with E-state index in [4.69, 9.17) is 0 Å². The molecule has 39 heavy (non-hydrogen) atoms. The van der Waals surface area contributed by atoms with Crippen molar-refractivity contribution in [3.05, 3.63) is 83.7 Å². The fourth-order valence-corrected chi connectivity index (χ4v) is 5.27. The molecule has 1 unspecified atom stereocenters. The van der Waals surface area contributed by atoms with E-state index in [1.807, 2.05) is 0 Å². The monoisotopic (exact) mass is 539 g/mol. The zero-order chi connectivity index (χ0) is 27.7. The topological polar surface area (TPSA) is 84.2 Å². The third-order valence-corrected chi connectivity index (χ3v) is 7.16. The number of carboxylic acids is 1. The third-order valence-electron chi connectivity index (χ3n) is 7.16. The number of rotatable bonds is 6. The SMILES string of the molecule is O=C(O)c1ccc(NC(=O)C(C2CCCCC2)n2c(-c3ccc(C(F)(F)F)cc3)nc3cc(F)ccc32)cc1. The standard InChI is InChI=1S/C29H25F4N3O3/c30-21-12-15-24-23(16-21)35-26(18-6-10-20(11-7-18)29(31,32)33)36(24)25(17-4-2-1-3-5-17)27(37)34-22-13-8-19(9-14-22)28(38)39/h6-17,25H,1-5H2,(H,34,37)(H,38,39). The van der Waals surface area contributed by atoms with E-state index in [1.165, 1.54) is 54.6 Å². The molecule has 3 aromatic carbocycles. The number of fused-ring (bicyclic) bond motifs is 1. The number of imidazole rings is 1. The van der Waals surface area contributed by atoms with E-state index in [1.54, 1.807) is 4.57 Å². The highest BCUT2D eigenvalue weighted by Crippen LogP contribution is 2.39. The van der Waals surface area contributed by atoms with Crippen LogP contribution in [0, 0.1) is 11.7 Å². The second-order valence-corrected chi connectivity index (χ2v) is 9.73. The lowest BCUT2D eigenvalue weighted by Crippen LogP contribution is -2.33. The van der Waals surface area contributed by atoms with Gasteiger partial charge in [-0.3, -0.25) is 4.79 Å². The zero-order valence-electron chi connectivity index (χ0n) is 20.7. The molecule has 1 aliphatic rings. The van der Waals surface area contributed by atoms with Crippen LogP contribution in [0.3, 0.4) is 0 Å². The minimum atomic E-state index is -4.51. The number of carboxylic acid groups (broad SMARTS) is 1. The zero-order valence-corrected chi connectivity index (χ0v) is 20.7. The van der Waals surface area contributed by atoms with Crippen molar-refractivity contribution in [3.63, 3.8) is 0 Å².